The van der Waals surface area contributed by atoms with Gasteiger partial charge in [-0.05, 0) is 43.0 Å². The molecule has 3 nitrogen and oxygen atoms in total. The average Bonchev–Trinajstić information content (AvgIpc) is 2.44. The number of rotatable bonds is 3. The predicted molar refractivity (Wildman–Crippen MR) is 84.8 cm³/mol. The van der Waals surface area contributed by atoms with Gasteiger partial charge in [0.2, 0.25) is 0 Å². The summed E-state index contributed by atoms with van der Waals surface area (Å²) >= 11 is 9.48. The summed E-state index contributed by atoms with van der Waals surface area (Å²) in [5.41, 5.74) is 1.68. The van der Waals surface area contributed by atoms with E-state index in [1.54, 1.807) is 6.08 Å². The van der Waals surface area contributed by atoms with E-state index in [0.717, 1.165) is 41.4 Å². The van der Waals surface area contributed by atoms with Crippen LogP contribution in [-0.2, 0) is 9.63 Å². The van der Waals surface area contributed by atoms with Crippen molar-refractivity contribution >= 4 is 45.3 Å². The number of carbonyl (C=O) groups is 1. The van der Waals surface area contributed by atoms with Crippen molar-refractivity contribution in [2.75, 3.05) is 0 Å². The van der Waals surface area contributed by atoms with Gasteiger partial charge >= 0.3 is 5.97 Å². The van der Waals surface area contributed by atoms with Gasteiger partial charge in [0.15, 0.2) is 0 Å². The highest BCUT2D eigenvalue weighted by molar-refractivity contribution is 9.10. The molecule has 0 amide bonds. The molecule has 1 aliphatic carbocycles. The molecule has 2 rings (SSSR count). The van der Waals surface area contributed by atoms with E-state index in [2.05, 4.69) is 21.1 Å². The summed E-state index contributed by atoms with van der Waals surface area (Å²) in [5, 5.41) is 3.76. The van der Waals surface area contributed by atoms with Gasteiger partial charge in [-0.15, -0.1) is 11.6 Å². The summed E-state index contributed by atoms with van der Waals surface area (Å²) in [5.74, 6) is -0.494. The first kappa shape index (κ1) is 15.3. The van der Waals surface area contributed by atoms with E-state index in [1.807, 2.05) is 24.3 Å². The Bertz CT molecular complexity index is 542. The average molecular weight is 357 g/mol. The zero-order valence-corrected chi connectivity index (χ0v) is 13.2. The van der Waals surface area contributed by atoms with Gasteiger partial charge in [-0.25, -0.2) is 4.79 Å². The zero-order valence-electron chi connectivity index (χ0n) is 10.9. The molecule has 1 atom stereocenters. The number of benzene rings is 1. The van der Waals surface area contributed by atoms with Gasteiger partial charge in [-0.1, -0.05) is 39.6 Å². The second-order valence-corrected chi connectivity index (χ2v) is 6.04. The second-order valence-electron chi connectivity index (χ2n) is 4.59. The molecule has 0 heterocycles. The lowest BCUT2D eigenvalue weighted by molar-refractivity contribution is -0.137. The quantitative estimate of drug-likeness (QED) is 0.345. The fourth-order valence-corrected chi connectivity index (χ4v) is 2.68. The number of alkyl halides is 1. The van der Waals surface area contributed by atoms with E-state index >= 15 is 0 Å². The summed E-state index contributed by atoms with van der Waals surface area (Å²) in [6.45, 7) is 0. The Hall–Kier alpha value is -1.13. The van der Waals surface area contributed by atoms with Crippen molar-refractivity contribution in [2.24, 2.45) is 5.16 Å². The van der Waals surface area contributed by atoms with Crippen molar-refractivity contribution in [1.29, 1.82) is 0 Å². The van der Waals surface area contributed by atoms with Crippen LogP contribution >= 0.6 is 27.5 Å². The van der Waals surface area contributed by atoms with Crippen LogP contribution in [0.5, 0.6) is 0 Å². The second kappa shape index (κ2) is 7.60. The lowest BCUT2D eigenvalue weighted by atomic mass is 9.98. The third-order valence-electron chi connectivity index (χ3n) is 3.02. The number of halogens is 2. The lowest BCUT2D eigenvalue weighted by Gasteiger charge is -2.16. The van der Waals surface area contributed by atoms with Crippen molar-refractivity contribution in [1.82, 2.24) is 0 Å². The summed E-state index contributed by atoms with van der Waals surface area (Å²) < 4.78 is 0.959. The molecule has 0 aliphatic heterocycles. The van der Waals surface area contributed by atoms with Gasteiger partial charge in [0, 0.05) is 10.5 Å². The smallest absolute Gasteiger partial charge is 0.313 e. The largest absolute Gasteiger partial charge is 0.358 e. The van der Waals surface area contributed by atoms with E-state index in [-0.39, 0.29) is 5.38 Å². The van der Waals surface area contributed by atoms with Gasteiger partial charge in [-0.3, -0.25) is 0 Å². The molecule has 0 radical (unpaired) electrons. The summed E-state index contributed by atoms with van der Waals surface area (Å²) in [4.78, 5) is 16.4. The van der Waals surface area contributed by atoms with Crippen LogP contribution in [0.2, 0.25) is 0 Å². The van der Waals surface area contributed by atoms with Crippen LogP contribution in [0.15, 0.2) is 40.0 Å². The SMILES string of the molecule is O=C(C=Cc1cccc(Br)c1)ON=C1CCCCC1Cl. The van der Waals surface area contributed by atoms with Gasteiger partial charge in [0.05, 0.1) is 11.1 Å². The van der Waals surface area contributed by atoms with Crippen LogP contribution < -0.4 is 0 Å². The molecule has 20 heavy (non-hydrogen) atoms. The van der Waals surface area contributed by atoms with Crippen molar-refractivity contribution < 1.29 is 9.63 Å². The monoisotopic (exact) mass is 355 g/mol. The van der Waals surface area contributed by atoms with Gasteiger partial charge in [0.25, 0.3) is 0 Å². The normalized spacial score (nSPS) is 21.3. The number of hydrogen-bond acceptors (Lipinski definition) is 3. The Morgan fingerprint density at radius 3 is 3.05 bits per heavy atom. The van der Waals surface area contributed by atoms with E-state index in [0.29, 0.717) is 0 Å². The summed E-state index contributed by atoms with van der Waals surface area (Å²) in [6, 6.07) is 7.63. The van der Waals surface area contributed by atoms with Gasteiger partial charge < -0.3 is 4.84 Å². The fraction of sp³-hybridized carbons (Fsp3) is 0.333. The van der Waals surface area contributed by atoms with Crippen molar-refractivity contribution in [3.05, 3.63) is 40.4 Å². The first-order valence-electron chi connectivity index (χ1n) is 6.50. The molecule has 0 N–H and O–H groups in total. The molecular formula is C15H15BrClNO2. The molecule has 1 aromatic rings. The maximum atomic E-state index is 11.6. The number of oxime groups is 1. The minimum absolute atomic E-state index is 0.106. The summed E-state index contributed by atoms with van der Waals surface area (Å²) in [6.07, 6.45) is 6.89. The van der Waals surface area contributed by atoms with Gasteiger partial charge in [-0.2, -0.15) is 0 Å². The van der Waals surface area contributed by atoms with E-state index in [4.69, 9.17) is 16.4 Å². The van der Waals surface area contributed by atoms with E-state index in [9.17, 15) is 4.79 Å². The zero-order chi connectivity index (χ0) is 14.4. The Morgan fingerprint density at radius 2 is 2.30 bits per heavy atom. The first-order valence-corrected chi connectivity index (χ1v) is 7.73. The Labute approximate surface area is 131 Å². The molecule has 1 aromatic carbocycles. The van der Waals surface area contributed by atoms with Crippen LogP contribution in [0.1, 0.15) is 31.2 Å². The Balaban J connectivity index is 1.90. The van der Waals surface area contributed by atoms with Crippen LogP contribution in [0.25, 0.3) is 6.08 Å². The predicted octanol–water partition coefficient (Wildman–Crippen LogP) is 4.54. The number of nitrogens with zero attached hydrogens (tertiary/aromatic N) is 1. The van der Waals surface area contributed by atoms with Crippen LogP contribution in [0.3, 0.4) is 0 Å². The summed E-state index contributed by atoms with van der Waals surface area (Å²) in [7, 11) is 0. The molecule has 0 saturated heterocycles. The molecular weight excluding hydrogens is 342 g/mol. The number of carbonyl (C=O) groups excluding carboxylic acids is 1. The molecule has 0 spiro atoms. The molecule has 0 bridgehead atoms. The minimum atomic E-state index is -0.494. The fourth-order valence-electron chi connectivity index (χ4n) is 1.96. The highest BCUT2D eigenvalue weighted by Gasteiger charge is 2.18. The standard InChI is InChI=1S/C15H15BrClNO2/c16-12-5-3-4-11(10-12)8-9-15(19)20-18-14-7-2-1-6-13(14)17/h3-5,8-10,13H,1-2,6-7H2. The Kier molecular flexibility index (Phi) is 5.80. The Morgan fingerprint density at radius 1 is 1.45 bits per heavy atom. The van der Waals surface area contributed by atoms with Crippen molar-refractivity contribution in [3.8, 4) is 0 Å². The molecule has 5 heteroatoms. The highest BCUT2D eigenvalue weighted by atomic mass is 79.9. The maximum absolute atomic E-state index is 11.6. The minimum Gasteiger partial charge on any atom is -0.313 e. The van der Waals surface area contributed by atoms with Crippen LogP contribution in [0.4, 0.5) is 0 Å². The third-order valence-corrected chi connectivity index (χ3v) is 3.98. The topological polar surface area (TPSA) is 38.7 Å². The lowest BCUT2D eigenvalue weighted by Crippen LogP contribution is -2.20. The maximum Gasteiger partial charge on any atom is 0.358 e. The molecule has 1 aliphatic rings. The highest BCUT2D eigenvalue weighted by Crippen LogP contribution is 2.20. The molecule has 1 saturated carbocycles. The molecule has 0 aromatic heterocycles. The van der Waals surface area contributed by atoms with Crippen molar-refractivity contribution in [2.45, 2.75) is 31.1 Å². The van der Waals surface area contributed by atoms with E-state index in [1.165, 1.54) is 6.08 Å². The molecule has 1 unspecified atom stereocenters. The molecule has 106 valence electrons. The van der Waals surface area contributed by atoms with Crippen molar-refractivity contribution in [3.63, 3.8) is 0 Å². The number of hydrogen-bond donors (Lipinski definition) is 0. The third kappa shape index (κ3) is 4.76. The van der Waals surface area contributed by atoms with Crippen LogP contribution in [0, 0.1) is 0 Å². The van der Waals surface area contributed by atoms with Crippen LogP contribution in [-0.4, -0.2) is 17.1 Å². The molecule has 1 fully saturated rings. The first-order chi connectivity index (χ1) is 9.65. The van der Waals surface area contributed by atoms with Gasteiger partial charge in [0.1, 0.15) is 0 Å². The van der Waals surface area contributed by atoms with E-state index < -0.39 is 5.97 Å².